The van der Waals surface area contributed by atoms with Gasteiger partial charge in [0.25, 0.3) is 5.91 Å². The van der Waals surface area contributed by atoms with Gasteiger partial charge in [-0.25, -0.2) is 4.98 Å². The Hall–Kier alpha value is -1.92. The molecule has 1 heterocycles. The lowest BCUT2D eigenvalue weighted by molar-refractivity contribution is -0.121. The molecule has 0 spiro atoms. The van der Waals surface area contributed by atoms with Crippen LogP contribution in [0.2, 0.25) is 0 Å². The average molecular weight is 265 g/mol. The highest BCUT2D eigenvalue weighted by atomic mass is 16.2. The first kappa shape index (κ1) is 13.5. The van der Waals surface area contributed by atoms with Crippen LogP contribution in [0.3, 0.4) is 0 Å². The molecule has 1 aliphatic rings. The van der Waals surface area contributed by atoms with E-state index in [1.165, 1.54) is 4.90 Å². The standard InChI is InChI=1S/C12H19N5O2/c1-3-4-9-14-11(16-15-9)12(19)17(2)7-10(18)13-8-5-6-8/h8H,3-7H2,1-2H3,(H,13,18)(H,14,15,16). The highest BCUT2D eigenvalue weighted by Gasteiger charge is 2.25. The Labute approximate surface area is 111 Å². The predicted molar refractivity (Wildman–Crippen MR) is 68.5 cm³/mol. The third-order valence-electron chi connectivity index (χ3n) is 2.88. The van der Waals surface area contributed by atoms with Crippen LogP contribution < -0.4 is 5.32 Å². The van der Waals surface area contributed by atoms with E-state index in [2.05, 4.69) is 20.5 Å². The molecule has 7 heteroatoms. The summed E-state index contributed by atoms with van der Waals surface area (Å²) < 4.78 is 0. The molecule has 0 unspecified atom stereocenters. The van der Waals surface area contributed by atoms with Gasteiger partial charge < -0.3 is 10.2 Å². The average Bonchev–Trinajstić information content (AvgIpc) is 3.05. The van der Waals surface area contributed by atoms with Crippen LogP contribution in [0.15, 0.2) is 0 Å². The van der Waals surface area contributed by atoms with Gasteiger partial charge in [-0.3, -0.25) is 14.7 Å². The molecule has 2 amide bonds. The van der Waals surface area contributed by atoms with Crippen molar-refractivity contribution < 1.29 is 9.59 Å². The third kappa shape index (κ3) is 3.77. The Morgan fingerprint density at radius 3 is 2.84 bits per heavy atom. The fourth-order valence-electron chi connectivity index (χ4n) is 1.70. The van der Waals surface area contributed by atoms with Crippen molar-refractivity contribution in [3.05, 3.63) is 11.6 Å². The first-order chi connectivity index (χ1) is 9.10. The van der Waals surface area contributed by atoms with Gasteiger partial charge in [0.2, 0.25) is 11.7 Å². The topological polar surface area (TPSA) is 91.0 Å². The molecular weight excluding hydrogens is 246 g/mol. The molecule has 0 bridgehead atoms. The van der Waals surface area contributed by atoms with Crippen LogP contribution in [0, 0.1) is 0 Å². The van der Waals surface area contributed by atoms with Crippen LogP contribution in [0.4, 0.5) is 0 Å². The van der Waals surface area contributed by atoms with E-state index < -0.39 is 0 Å². The molecule has 0 aromatic carbocycles. The van der Waals surface area contributed by atoms with Crippen LogP contribution in [0.25, 0.3) is 0 Å². The number of aromatic amines is 1. The number of aryl methyl sites for hydroxylation is 1. The summed E-state index contributed by atoms with van der Waals surface area (Å²) in [4.78, 5) is 29.0. The molecular formula is C12H19N5O2. The zero-order valence-corrected chi connectivity index (χ0v) is 11.3. The summed E-state index contributed by atoms with van der Waals surface area (Å²) in [6.07, 6.45) is 3.75. The number of amides is 2. The quantitative estimate of drug-likeness (QED) is 0.763. The summed E-state index contributed by atoms with van der Waals surface area (Å²) in [5.74, 6) is 0.332. The number of carbonyl (C=O) groups excluding carboxylic acids is 2. The van der Waals surface area contributed by atoms with Crippen LogP contribution >= 0.6 is 0 Å². The second kappa shape index (κ2) is 5.81. The minimum atomic E-state index is -0.343. The number of nitrogens with zero attached hydrogens (tertiary/aromatic N) is 3. The molecule has 19 heavy (non-hydrogen) atoms. The molecule has 2 N–H and O–H groups in total. The fourth-order valence-corrected chi connectivity index (χ4v) is 1.70. The second-order valence-electron chi connectivity index (χ2n) is 4.86. The van der Waals surface area contributed by atoms with Gasteiger partial charge in [-0.05, 0) is 19.3 Å². The monoisotopic (exact) mass is 265 g/mol. The minimum Gasteiger partial charge on any atom is -0.352 e. The zero-order valence-electron chi connectivity index (χ0n) is 11.3. The van der Waals surface area contributed by atoms with Crippen LogP contribution in [-0.4, -0.2) is 51.5 Å². The molecule has 1 aliphatic carbocycles. The van der Waals surface area contributed by atoms with Crippen molar-refractivity contribution in [2.45, 2.75) is 38.6 Å². The first-order valence-electron chi connectivity index (χ1n) is 6.56. The van der Waals surface area contributed by atoms with E-state index in [0.717, 1.165) is 25.7 Å². The van der Waals surface area contributed by atoms with Gasteiger partial charge in [-0.1, -0.05) is 6.92 Å². The number of rotatable bonds is 6. The van der Waals surface area contributed by atoms with Crippen molar-refractivity contribution in [1.29, 1.82) is 0 Å². The smallest absolute Gasteiger partial charge is 0.293 e. The Kier molecular flexibility index (Phi) is 4.13. The Morgan fingerprint density at radius 1 is 1.47 bits per heavy atom. The van der Waals surface area contributed by atoms with Crippen molar-refractivity contribution in [3.8, 4) is 0 Å². The van der Waals surface area contributed by atoms with Gasteiger partial charge >= 0.3 is 0 Å². The number of carbonyl (C=O) groups is 2. The molecule has 1 saturated carbocycles. The number of aromatic nitrogens is 3. The number of hydrogen-bond acceptors (Lipinski definition) is 4. The SMILES string of the molecule is CCCc1nc(C(=O)N(C)CC(=O)NC2CC2)n[nH]1. The summed E-state index contributed by atoms with van der Waals surface area (Å²) >= 11 is 0. The molecule has 104 valence electrons. The largest absolute Gasteiger partial charge is 0.352 e. The molecule has 1 aromatic heterocycles. The van der Waals surface area contributed by atoms with E-state index in [4.69, 9.17) is 0 Å². The molecule has 0 saturated heterocycles. The first-order valence-corrected chi connectivity index (χ1v) is 6.56. The van der Waals surface area contributed by atoms with Gasteiger partial charge in [-0.2, -0.15) is 0 Å². The minimum absolute atomic E-state index is 0.0347. The molecule has 1 fully saturated rings. The van der Waals surface area contributed by atoms with E-state index in [0.29, 0.717) is 11.9 Å². The summed E-state index contributed by atoms with van der Waals surface area (Å²) in [6, 6.07) is 0.302. The lowest BCUT2D eigenvalue weighted by Crippen LogP contribution is -2.39. The highest BCUT2D eigenvalue weighted by Crippen LogP contribution is 2.18. The van der Waals surface area contributed by atoms with E-state index in [-0.39, 0.29) is 24.2 Å². The lowest BCUT2D eigenvalue weighted by atomic mass is 10.3. The summed E-state index contributed by atoms with van der Waals surface area (Å²) in [7, 11) is 1.57. The Balaban J connectivity index is 1.87. The number of H-pyrrole nitrogens is 1. The highest BCUT2D eigenvalue weighted by molar-refractivity contribution is 5.93. The maximum atomic E-state index is 12.0. The van der Waals surface area contributed by atoms with Gasteiger partial charge in [0, 0.05) is 19.5 Å². The fraction of sp³-hybridized carbons (Fsp3) is 0.667. The third-order valence-corrected chi connectivity index (χ3v) is 2.88. The van der Waals surface area contributed by atoms with Crippen molar-refractivity contribution in [2.75, 3.05) is 13.6 Å². The molecule has 2 rings (SSSR count). The van der Waals surface area contributed by atoms with E-state index in [1.807, 2.05) is 6.92 Å². The summed E-state index contributed by atoms with van der Waals surface area (Å²) in [5, 5.41) is 9.44. The van der Waals surface area contributed by atoms with Crippen molar-refractivity contribution >= 4 is 11.8 Å². The van der Waals surface area contributed by atoms with Crippen LogP contribution in [0.5, 0.6) is 0 Å². The molecule has 0 radical (unpaired) electrons. The maximum absolute atomic E-state index is 12.0. The zero-order chi connectivity index (χ0) is 13.8. The molecule has 0 aliphatic heterocycles. The lowest BCUT2D eigenvalue weighted by Gasteiger charge is -2.14. The Bertz CT molecular complexity index is 466. The Morgan fingerprint density at radius 2 is 2.21 bits per heavy atom. The predicted octanol–water partition coefficient (Wildman–Crippen LogP) is 0.108. The summed E-state index contributed by atoms with van der Waals surface area (Å²) in [5.41, 5.74) is 0. The van der Waals surface area contributed by atoms with Crippen molar-refractivity contribution in [2.24, 2.45) is 0 Å². The van der Waals surface area contributed by atoms with Crippen LogP contribution in [0.1, 0.15) is 42.6 Å². The van der Waals surface area contributed by atoms with Crippen LogP contribution in [-0.2, 0) is 11.2 Å². The van der Waals surface area contributed by atoms with Crippen molar-refractivity contribution in [3.63, 3.8) is 0 Å². The number of hydrogen-bond donors (Lipinski definition) is 2. The van der Waals surface area contributed by atoms with Gasteiger partial charge in [-0.15, -0.1) is 5.10 Å². The van der Waals surface area contributed by atoms with Gasteiger partial charge in [0.1, 0.15) is 5.82 Å². The number of likely N-dealkylation sites (N-methyl/N-ethyl adjacent to an activating group) is 1. The van der Waals surface area contributed by atoms with E-state index in [1.54, 1.807) is 7.05 Å². The molecule has 1 aromatic rings. The summed E-state index contributed by atoms with van der Waals surface area (Å²) in [6.45, 7) is 2.06. The van der Waals surface area contributed by atoms with Gasteiger partial charge in [0.15, 0.2) is 0 Å². The van der Waals surface area contributed by atoms with E-state index in [9.17, 15) is 9.59 Å². The molecule has 7 nitrogen and oxygen atoms in total. The normalized spacial score (nSPS) is 14.2. The van der Waals surface area contributed by atoms with Crippen molar-refractivity contribution in [1.82, 2.24) is 25.4 Å². The van der Waals surface area contributed by atoms with Gasteiger partial charge in [0.05, 0.1) is 6.54 Å². The van der Waals surface area contributed by atoms with E-state index >= 15 is 0 Å². The second-order valence-corrected chi connectivity index (χ2v) is 4.86. The number of nitrogens with one attached hydrogen (secondary N) is 2. The molecule has 0 atom stereocenters. The maximum Gasteiger partial charge on any atom is 0.293 e.